The minimum Gasteiger partial charge on any atom is -0.262 e. The molecule has 0 aliphatic rings. The van der Waals surface area contributed by atoms with E-state index in [4.69, 9.17) is 11.8 Å². The first-order valence-corrected chi connectivity index (χ1v) is 1.21. The number of hydrogen-bond acceptors (Lipinski definition) is 1. The van der Waals surface area contributed by atoms with E-state index in [-0.39, 0.29) is 0 Å². The number of nitrogens with zero attached hydrogens (tertiary/aromatic N) is 2. The zero-order valence-electron chi connectivity index (χ0n) is 2.85. The molecule has 0 saturated carbocycles. The molecule has 0 N–H and O–H groups in total. The van der Waals surface area contributed by atoms with E-state index < -0.39 is 6.30 Å². The van der Waals surface area contributed by atoms with Crippen molar-refractivity contribution in [2.45, 2.75) is 6.30 Å². The molecule has 1 atom stereocenters. The Labute approximate surface area is 34.6 Å². The van der Waals surface area contributed by atoms with Crippen LogP contribution in [0.3, 0.4) is 0 Å². The van der Waals surface area contributed by atoms with Crippen LogP contribution in [0.2, 0.25) is 0 Å². The van der Waals surface area contributed by atoms with Gasteiger partial charge in [0.15, 0.2) is 6.07 Å². The van der Waals surface area contributed by atoms with Crippen LogP contribution in [0.4, 0.5) is 4.39 Å². The first-order valence-electron chi connectivity index (χ1n) is 1.21. The number of rotatable bonds is 0. The van der Waals surface area contributed by atoms with Crippen LogP contribution < -0.4 is 0 Å². The summed E-state index contributed by atoms with van der Waals surface area (Å²) in [6.07, 6.45) is -1.97. The smallest absolute Gasteiger partial charge is 0.262 e. The maximum Gasteiger partial charge on any atom is 0.449 e. The van der Waals surface area contributed by atoms with E-state index in [1.165, 1.54) is 0 Å². The molecule has 30 valence electrons. The lowest BCUT2D eigenvalue weighted by Crippen LogP contribution is -1.80. The van der Waals surface area contributed by atoms with E-state index >= 15 is 0 Å². The van der Waals surface area contributed by atoms with E-state index in [9.17, 15) is 4.39 Å². The maximum absolute atomic E-state index is 11.1. The lowest BCUT2D eigenvalue weighted by atomic mass is 10.7. The van der Waals surface area contributed by atoms with Crippen molar-refractivity contribution in [1.82, 2.24) is 0 Å². The summed E-state index contributed by atoms with van der Waals surface area (Å²) in [5.74, 6) is 0. The van der Waals surface area contributed by atoms with Crippen LogP contribution in [0.1, 0.15) is 0 Å². The fraction of sp³-hybridized carbons (Fsp3) is 0.333. The fourth-order valence-electron chi connectivity index (χ4n) is 0.0289. The van der Waals surface area contributed by atoms with Crippen molar-refractivity contribution in [3.8, 4) is 6.07 Å². The zero-order valence-corrected chi connectivity index (χ0v) is 2.85. The van der Waals surface area contributed by atoms with Crippen molar-refractivity contribution >= 4 is 0 Å². The van der Waals surface area contributed by atoms with Gasteiger partial charge in [0.05, 0.1) is 0 Å². The Bertz CT molecular complexity index is 92.9. The summed E-state index contributed by atoms with van der Waals surface area (Å²) in [6.45, 7) is 5.84. The molecule has 0 rings (SSSR count). The molecule has 0 aromatic carbocycles. The molecule has 0 bridgehead atoms. The average molecular weight is 84.1 g/mol. The predicted molar refractivity (Wildman–Crippen MR) is 17.1 cm³/mol. The van der Waals surface area contributed by atoms with Gasteiger partial charge >= 0.3 is 6.30 Å². The molecule has 3 heteroatoms. The average Bonchev–Trinajstić information content (AvgIpc) is 1.65. The Morgan fingerprint density at radius 3 is 2.50 bits per heavy atom. The van der Waals surface area contributed by atoms with Gasteiger partial charge in [-0.1, -0.05) is 0 Å². The molecule has 0 aromatic heterocycles. The maximum atomic E-state index is 11.1. The molecule has 0 amide bonds. The third kappa shape index (κ3) is 1.25. The van der Waals surface area contributed by atoms with Crippen LogP contribution in [0.5, 0.6) is 0 Å². The molecule has 0 saturated heterocycles. The van der Waals surface area contributed by atoms with Gasteiger partial charge in [-0.05, 0) is 0 Å². The van der Waals surface area contributed by atoms with Crippen molar-refractivity contribution in [1.29, 1.82) is 5.26 Å². The zero-order chi connectivity index (χ0) is 4.99. The predicted octanol–water partition coefficient (Wildman–Crippen LogP) is 0.725. The van der Waals surface area contributed by atoms with Gasteiger partial charge < -0.3 is 0 Å². The highest BCUT2D eigenvalue weighted by Gasteiger charge is 2.00. The minimum absolute atomic E-state index is 1.09. The van der Waals surface area contributed by atoms with Crippen LogP contribution >= 0.6 is 0 Å². The van der Waals surface area contributed by atoms with Gasteiger partial charge in [0, 0.05) is 0 Å². The van der Waals surface area contributed by atoms with Gasteiger partial charge in [0.2, 0.25) is 0 Å². The molecule has 0 aliphatic carbocycles. The van der Waals surface area contributed by atoms with Crippen molar-refractivity contribution in [2.24, 2.45) is 0 Å². The third-order valence-corrected chi connectivity index (χ3v) is 0.220. The highest BCUT2D eigenvalue weighted by atomic mass is 19.1. The number of nitriles is 1. The van der Waals surface area contributed by atoms with Crippen LogP contribution in [-0.2, 0) is 0 Å². The minimum atomic E-state index is -1.97. The van der Waals surface area contributed by atoms with Crippen molar-refractivity contribution in [2.75, 3.05) is 0 Å². The second-order valence-corrected chi connectivity index (χ2v) is 0.594. The Hall–Kier alpha value is -1.09. The highest BCUT2D eigenvalue weighted by Crippen LogP contribution is 1.84. The molecule has 2 nitrogen and oxygen atoms in total. The Kier molecular flexibility index (Phi) is 1.77. The lowest BCUT2D eigenvalue weighted by molar-refractivity contribution is 0.475. The normalized spacial score (nSPS) is 11.2. The van der Waals surface area contributed by atoms with Crippen LogP contribution in [0.15, 0.2) is 0 Å². The summed E-state index contributed by atoms with van der Waals surface area (Å²) in [5.41, 5.74) is 0. The summed E-state index contributed by atoms with van der Waals surface area (Å²) in [5, 5.41) is 7.50. The van der Waals surface area contributed by atoms with Crippen LogP contribution in [-0.4, -0.2) is 6.30 Å². The fourth-order valence-corrected chi connectivity index (χ4v) is 0.0289. The van der Waals surface area contributed by atoms with Gasteiger partial charge in [-0.3, -0.25) is 4.85 Å². The second kappa shape index (κ2) is 2.17. The third-order valence-electron chi connectivity index (χ3n) is 0.220. The van der Waals surface area contributed by atoms with Crippen molar-refractivity contribution in [3.63, 3.8) is 0 Å². The SMILES string of the molecule is [C-]#[N+]C(F)C#N. The Morgan fingerprint density at radius 2 is 2.50 bits per heavy atom. The van der Waals surface area contributed by atoms with Crippen molar-refractivity contribution < 1.29 is 4.39 Å². The summed E-state index contributed by atoms with van der Waals surface area (Å²) < 4.78 is 11.1. The molecule has 6 heavy (non-hydrogen) atoms. The molecule has 1 unspecified atom stereocenters. The molecule has 0 aromatic rings. The molecule has 0 aliphatic heterocycles. The number of halogens is 1. The first kappa shape index (κ1) is 4.91. The first-order chi connectivity index (χ1) is 2.81. The van der Waals surface area contributed by atoms with Gasteiger partial charge in [-0.15, -0.1) is 4.39 Å². The van der Waals surface area contributed by atoms with Crippen LogP contribution in [0, 0.1) is 17.9 Å². The van der Waals surface area contributed by atoms with Gasteiger partial charge in [-0.25, -0.2) is 6.57 Å². The summed E-state index contributed by atoms with van der Waals surface area (Å²) in [6, 6.07) is 1.09. The topological polar surface area (TPSA) is 28.1 Å². The van der Waals surface area contributed by atoms with E-state index in [0.717, 1.165) is 6.07 Å². The summed E-state index contributed by atoms with van der Waals surface area (Å²) >= 11 is 0. The Morgan fingerprint density at radius 1 is 2.00 bits per heavy atom. The Balaban J connectivity index is 3.40. The molecule has 0 spiro atoms. The molecular weight excluding hydrogens is 83.0 g/mol. The highest BCUT2D eigenvalue weighted by molar-refractivity contribution is 4.88. The summed E-state index contributed by atoms with van der Waals surface area (Å²) in [4.78, 5) is 2.23. The standard InChI is InChI=1S/C3HFN2/c1-6-3(4)2-5/h3H. The molecular formula is C3HFN2. The monoisotopic (exact) mass is 84.0 g/mol. The van der Waals surface area contributed by atoms with E-state index in [1.54, 1.807) is 0 Å². The number of alkyl halides is 1. The summed E-state index contributed by atoms with van der Waals surface area (Å²) in [7, 11) is 0. The van der Waals surface area contributed by atoms with Gasteiger partial charge in [-0.2, -0.15) is 5.26 Å². The van der Waals surface area contributed by atoms with E-state index in [1.807, 2.05) is 0 Å². The molecule has 0 radical (unpaired) electrons. The second-order valence-electron chi connectivity index (χ2n) is 0.594. The quantitative estimate of drug-likeness (QED) is 0.314. The van der Waals surface area contributed by atoms with Gasteiger partial charge in [0.1, 0.15) is 0 Å². The van der Waals surface area contributed by atoms with Crippen LogP contribution in [0.25, 0.3) is 4.85 Å². The largest absolute Gasteiger partial charge is 0.449 e. The lowest BCUT2D eigenvalue weighted by Gasteiger charge is -1.67. The van der Waals surface area contributed by atoms with E-state index in [0.29, 0.717) is 0 Å². The molecule has 0 fully saturated rings. The van der Waals surface area contributed by atoms with Gasteiger partial charge in [0.25, 0.3) is 0 Å². The number of hydrogen-bond donors (Lipinski definition) is 0. The van der Waals surface area contributed by atoms with E-state index in [2.05, 4.69) is 4.85 Å². The molecule has 0 heterocycles. The van der Waals surface area contributed by atoms with Crippen molar-refractivity contribution in [3.05, 3.63) is 11.4 Å².